The zero-order valence-electron chi connectivity index (χ0n) is 8.67. The molecule has 1 unspecified atom stereocenters. The number of ether oxygens (including phenoxy) is 1. The summed E-state index contributed by atoms with van der Waals surface area (Å²) in [5, 5.41) is 0.693. The predicted molar refractivity (Wildman–Crippen MR) is 67.0 cm³/mol. The zero-order chi connectivity index (χ0) is 10.8. The fraction of sp³-hybridized carbons (Fsp3) is 0.500. The van der Waals surface area contributed by atoms with Gasteiger partial charge in [0, 0.05) is 4.83 Å². The summed E-state index contributed by atoms with van der Waals surface area (Å²) in [6.07, 6.45) is 4.00. The van der Waals surface area contributed by atoms with E-state index in [1.165, 1.54) is 24.8 Å². The molecule has 0 N–H and O–H groups in total. The summed E-state index contributed by atoms with van der Waals surface area (Å²) in [4.78, 5) is 0.439. The van der Waals surface area contributed by atoms with Crippen LogP contribution in [0.3, 0.4) is 0 Å². The smallest absolute Gasteiger partial charge is 0.137 e. The van der Waals surface area contributed by atoms with E-state index in [1.54, 1.807) is 7.11 Å². The van der Waals surface area contributed by atoms with E-state index in [0.29, 0.717) is 9.85 Å². The molecule has 0 bridgehead atoms. The van der Waals surface area contributed by atoms with E-state index >= 15 is 0 Å². The highest BCUT2D eigenvalue weighted by molar-refractivity contribution is 9.09. The molecule has 1 aromatic rings. The largest absolute Gasteiger partial charge is 0.495 e. The van der Waals surface area contributed by atoms with Gasteiger partial charge in [0.25, 0.3) is 0 Å². The molecule has 0 saturated heterocycles. The number of rotatable bonds is 3. The molecule has 82 valence electrons. The van der Waals surface area contributed by atoms with Crippen LogP contribution in [-0.2, 0) is 0 Å². The van der Waals surface area contributed by atoms with Gasteiger partial charge in [-0.1, -0.05) is 40.0 Å². The van der Waals surface area contributed by atoms with Crippen LogP contribution in [0.15, 0.2) is 18.2 Å². The van der Waals surface area contributed by atoms with Gasteiger partial charge in [-0.3, -0.25) is 0 Å². The Balaban J connectivity index is 2.17. The summed E-state index contributed by atoms with van der Waals surface area (Å²) < 4.78 is 5.13. The minimum Gasteiger partial charge on any atom is -0.495 e. The number of hydrogen-bond acceptors (Lipinski definition) is 1. The van der Waals surface area contributed by atoms with E-state index < -0.39 is 0 Å². The van der Waals surface area contributed by atoms with E-state index in [0.717, 1.165) is 11.7 Å². The Hall–Kier alpha value is -0.210. The van der Waals surface area contributed by atoms with Gasteiger partial charge >= 0.3 is 0 Å². The van der Waals surface area contributed by atoms with Gasteiger partial charge in [0.1, 0.15) is 5.75 Å². The Morgan fingerprint density at radius 1 is 1.47 bits per heavy atom. The third-order valence-electron chi connectivity index (χ3n) is 3.06. The molecule has 15 heavy (non-hydrogen) atoms. The zero-order valence-corrected chi connectivity index (χ0v) is 11.0. The summed E-state index contributed by atoms with van der Waals surface area (Å²) in [5.41, 5.74) is 1.26. The summed E-state index contributed by atoms with van der Waals surface area (Å²) in [6, 6.07) is 6.02. The summed E-state index contributed by atoms with van der Waals surface area (Å²) >= 11 is 9.84. The van der Waals surface area contributed by atoms with Gasteiger partial charge in [-0.05, 0) is 36.5 Å². The van der Waals surface area contributed by atoms with Crippen molar-refractivity contribution >= 4 is 27.5 Å². The lowest BCUT2D eigenvalue weighted by molar-refractivity contribution is 0.312. The van der Waals surface area contributed by atoms with Crippen molar-refractivity contribution in [2.24, 2.45) is 5.92 Å². The van der Waals surface area contributed by atoms with Crippen molar-refractivity contribution in [1.29, 1.82) is 0 Å². The summed E-state index contributed by atoms with van der Waals surface area (Å²) in [6.45, 7) is 0. The standard InChI is InChI=1S/C12H14BrClO/c1-15-11-6-5-9(7-10(11)14)12(13)8-3-2-4-8/h5-8,12H,2-4H2,1H3. The first kappa shape index (κ1) is 11.3. The molecule has 0 heterocycles. The molecule has 2 rings (SSSR count). The highest BCUT2D eigenvalue weighted by atomic mass is 79.9. The van der Waals surface area contributed by atoms with Gasteiger partial charge in [0.2, 0.25) is 0 Å². The van der Waals surface area contributed by atoms with Crippen molar-refractivity contribution < 1.29 is 4.74 Å². The Labute approximate surface area is 104 Å². The van der Waals surface area contributed by atoms with Gasteiger partial charge in [-0.15, -0.1) is 0 Å². The lowest BCUT2D eigenvalue weighted by Gasteiger charge is -2.30. The van der Waals surface area contributed by atoms with Gasteiger partial charge in [0.15, 0.2) is 0 Å². The van der Waals surface area contributed by atoms with Crippen LogP contribution in [0.4, 0.5) is 0 Å². The molecule has 0 spiro atoms. The van der Waals surface area contributed by atoms with Crippen LogP contribution >= 0.6 is 27.5 Å². The number of hydrogen-bond donors (Lipinski definition) is 0. The average Bonchev–Trinajstić information content (AvgIpc) is 2.15. The van der Waals surface area contributed by atoms with E-state index in [4.69, 9.17) is 16.3 Å². The van der Waals surface area contributed by atoms with Crippen molar-refractivity contribution in [2.45, 2.75) is 24.1 Å². The van der Waals surface area contributed by atoms with Crippen LogP contribution in [-0.4, -0.2) is 7.11 Å². The molecule has 1 atom stereocenters. The third kappa shape index (κ3) is 2.31. The van der Waals surface area contributed by atoms with Crippen LogP contribution in [0.25, 0.3) is 0 Å². The molecule has 1 aliphatic carbocycles. The SMILES string of the molecule is COc1ccc(C(Br)C2CCC2)cc1Cl. The first-order chi connectivity index (χ1) is 7.22. The number of halogens is 2. The molecule has 0 radical (unpaired) electrons. The molecule has 1 aliphatic rings. The van der Waals surface area contributed by atoms with Crippen LogP contribution < -0.4 is 4.74 Å². The van der Waals surface area contributed by atoms with Gasteiger partial charge in [-0.2, -0.15) is 0 Å². The first-order valence-corrected chi connectivity index (χ1v) is 6.49. The van der Waals surface area contributed by atoms with Crippen molar-refractivity contribution in [2.75, 3.05) is 7.11 Å². The topological polar surface area (TPSA) is 9.23 Å². The highest BCUT2D eigenvalue weighted by Gasteiger charge is 2.26. The minimum atomic E-state index is 0.439. The first-order valence-electron chi connectivity index (χ1n) is 5.20. The fourth-order valence-corrected chi connectivity index (χ4v) is 2.94. The Bertz CT molecular complexity index is 349. The monoisotopic (exact) mass is 288 g/mol. The molecular weight excluding hydrogens is 275 g/mol. The second-order valence-electron chi connectivity index (χ2n) is 3.99. The highest BCUT2D eigenvalue weighted by Crippen LogP contribution is 2.44. The maximum Gasteiger partial charge on any atom is 0.137 e. The lowest BCUT2D eigenvalue weighted by atomic mass is 9.81. The third-order valence-corrected chi connectivity index (χ3v) is 4.63. The second kappa shape index (κ2) is 4.75. The number of methoxy groups -OCH3 is 1. The second-order valence-corrected chi connectivity index (χ2v) is 5.38. The van der Waals surface area contributed by atoms with Crippen LogP contribution in [0.1, 0.15) is 29.7 Å². The number of benzene rings is 1. The van der Waals surface area contributed by atoms with Crippen molar-refractivity contribution in [1.82, 2.24) is 0 Å². The van der Waals surface area contributed by atoms with Crippen LogP contribution in [0.5, 0.6) is 5.75 Å². The van der Waals surface area contributed by atoms with E-state index in [-0.39, 0.29) is 0 Å². The van der Waals surface area contributed by atoms with E-state index in [1.807, 2.05) is 12.1 Å². The van der Waals surface area contributed by atoms with E-state index in [9.17, 15) is 0 Å². The minimum absolute atomic E-state index is 0.439. The fourth-order valence-electron chi connectivity index (χ4n) is 1.86. The molecule has 0 aromatic heterocycles. The Kier molecular flexibility index (Phi) is 3.57. The predicted octanol–water partition coefficient (Wildman–Crippen LogP) is 4.58. The molecule has 1 saturated carbocycles. The van der Waals surface area contributed by atoms with Crippen LogP contribution in [0, 0.1) is 5.92 Å². The Morgan fingerprint density at radius 2 is 2.20 bits per heavy atom. The normalized spacial score (nSPS) is 18.3. The van der Waals surface area contributed by atoms with Crippen molar-refractivity contribution in [3.63, 3.8) is 0 Å². The van der Waals surface area contributed by atoms with Crippen molar-refractivity contribution in [3.05, 3.63) is 28.8 Å². The summed E-state index contributed by atoms with van der Waals surface area (Å²) in [5.74, 6) is 1.52. The molecular formula is C12H14BrClO. The number of alkyl halides is 1. The molecule has 0 amide bonds. The van der Waals surface area contributed by atoms with Crippen molar-refractivity contribution in [3.8, 4) is 5.75 Å². The molecule has 1 aromatic carbocycles. The maximum absolute atomic E-state index is 6.09. The van der Waals surface area contributed by atoms with Gasteiger partial charge in [0.05, 0.1) is 12.1 Å². The summed E-state index contributed by atoms with van der Waals surface area (Å²) in [7, 11) is 1.64. The average molecular weight is 290 g/mol. The maximum atomic E-state index is 6.09. The molecule has 0 aliphatic heterocycles. The van der Waals surface area contributed by atoms with E-state index in [2.05, 4.69) is 22.0 Å². The lowest BCUT2D eigenvalue weighted by Crippen LogP contribution is -2.16. The molecule has 1 nitrogen and oxygen atoms in total. The Morgan fingerprint density at radius 3 is 2.67 bits per heavy atom. The van der Waals surface area contributed by atoms with Crippen LogP contribution in [0.2, 0.25) is 5.02 Å². The quantitative estimate of drug-likeness (QED) is 0.740. The molecule has 1 fully saturated rings. The molecule has 3 heteroatoms. The van der Waals surface area contributed by atoms with Gasteiger partial charge in [-0.25, -0.2) is 0 Å². The van der Waals surface area contributed by atoms with Gasteiger partial charge < -0.3 is 4.74 Å².